The van der Waals surface area contributed by atoms with Crippen LogP contribution < -0.4 is 5.32 Å². The van der Waals surface area contributed by atoms with E-state index in [1.165, 1.54) is 0 Å². The molecule has 1 aromatic heterocycles. The van der Waals surface area contributed by atoms with Crippen LogP contribution in [0.5, 0.6) is 0 Å². The zero-order chi connectivity index (χ0) is 13.7. The number of hydrogen-bond acceptors (Lipinski definition) is 5. The van der Waals surface area contributed by atoms with Crippen molar-refractivity contribution in [2.75, 3.05) is 40.4 Å². The standard InChI is InChI=1S/C12H21N5O2/c1-16(7-8-19-2)12(18)11-9-17(15-14-11)10-3-5-13-6-4-10/h9-10,13H,3-8H2,1-2H3. The van der Waals surface area contributed by atoms with Gasteiger partial charge >= 0.3 is 0 Å². The maximum atomic E-state index is 12.1. The molecule has 0 spiro atoms. The van der Waals surface area contributed by atoms with Gasteiger partial charge in [-0.05, 0) is 25.9 Å². The van der Waals surface area contributed by atoms with Crippen LogP contribution in [-0.4, -0.2) is 66.2 Å². The summed E-state index contributed by atoms with van der Waals surface area (Å²) in [4.78, 5) is 13.7. The molecule has 0 unspecified atom stereocenters. The number of rotatable bonds is 5. The van der Waals surface area contributed by atoms with Gasteiger partial charge in [-0.2, -0.15) is 0 Å². The van der Waals surface area contributed by atoms with Crippen molar-refractivity contribution in [2.45, 2.75) is 18.9 Å². The molecule has 0 bridgehead atoms. The molecule has 1 aliphatic rings. The van der Waals surface area contributed by atoms with Gasteiger partial charge in [-0.15, -0.1) is 5.10 Å². The van der Waals surface area contributed by atoms with E-state index in [4.69, 9.17) is 4.74 Å². The topological polar surface area (TPSA) is 72.3 Å². The number of amides is 1. The summed E-state index contributed by atoms with van der Waals surface area (Å²) < 4.78 is 6.77. The first-order chi connectivity index (χ1) is 9.22. The molecular formula is C12H21N5O2. The maximum Gasteiger partial charge on any atom is 0.275 e. The molecule has 0 atom stereocenters. The molecule has 1 saturated heterocycles. The van der Waals surface area contributed by atoms with Crippen LogP contribution in [0.4, 0.5) is 0 Å². The van der Waals surface area contributed by atoms with E-state index >= 15 is 0 Å². The van der Waals surface area contributed by atoms with Crippen LogP contribution in [0.15, 0.2) is 6.20 Å². The van der Waals surface area contributed by atoms with Crippen molar-refractivity contribution in [3.8, 4) is 0 Å². The van der Waals surface area contributed by atoms with Crippen LogP contribution in [0.1, 0.15) is 29.4 Å². The number of nitrogens with one attached hydrogen (secondary N) is 1. The molecule has 0 saturated carbocycles. The monoisotopic (exact) mass is 267 g/mol. The number of ether oxygens (including phenoxy) is 1. The van der Waals surface area contributed by atoms with Gasteiger partial charge in [0.05, 0.1) is 18.8 Å². The van der Waals surface area contributed by atoms with Crippen molar-refractivity contribution in [1.29, 1.82) is 0 Å². The predicted octanol–water partition coefficient (Wildman–Crippen LogP) is -0.0790. The summed E-state index contributed by atoms with van der Waals surface area (Å²) >= 11 is 0. The van der Waals surface area contributed by atoms with Crippen molar-refractivity contribution < 1.29 is 9.53 Å². The van der Waals surface area contributed by atoms with Crippen LogP contribution in [0.2, 0.25) is 0 Å². The Bertz CT molecular complexity index is 414. The average Bonchev–Trinajstić information content (AvgIpc) is 2.94. The molecule has 0 aliphatic carbocycles. The van der Waals surface area contributed by atoms with Crippen LogP contribution in [0, 0.1) is 0 Å². The average molecular weight is 267 g/mol. The van der Waals surface area contributed by atoms with Crippen LogP contribution in [0.3, 0.4) is 0 Å². The SMILES string of the molecule is COCCN(C)C(=O)c1cn(C2CCNCC2)nn1. The van der Waals surface area contributed by atoms with Gasteiger partial charge in [-0.25, -0.2) is 4.68 Å². The molecular weight excluding hydrogens is 246 g/mol. The number of methoxy groups -OCH3 is 1. The lowest BCUT2D eigenvalue weighted by Gasteiger charge is -2.22. The van der Waals surface area contributed by atoms with Crippen molar-refractivity contribution in [2.24, 2.45) is 0 Å². The number of aromatic nitrogens is 3. The van der Waals surface area contributed by atoms with Gasteiger partial charge in [0.25, 0.3) is 5.91 Å². The third-order valence-electron chi connectivity index (χ3n) is 3.39. The highest BCUT2D eigenvalue weighted by atomic mass is 16.5. The lowest BCUT2D eigenvalue weighted by molar-refractivity contribution is 0.0738. The van der Waals surface area contributed by atoms with E-state index in [1.807, 2.05) is 4.68 Å². The normalized spacial score (nSPS) is 16.5. The molecule has 1 aliphatic heterocycles. The summed E-state index contributed by atoms with van der Waals surface area (Å²) in [5.41, 5.74) is 0.400. The van der Waals surface area contributed by atoms with Crippen molar-refractivity contribution >= 4 is 5.91 Å². The second-order valence-electron chi connectivity index (χ2n) is 4.78. The predicted molar refractivity (Wildman–Crippen MR) is 70.0 cm³/mol. The second kappa shape index (κ2) is 6.63. The molecule has 7 heteroatoms. The first-order valence-corrected chi connectivity index (χ1v) is 6.59. The number of nitrogens with zero attached hydrogens (tertiary/aromatic N) is 4. The lowest BCUT2D eigenvalue weighted by atomic mass is 10.1. The fraction of sp³-hybridized carbons (Fsp3) is 0.750. The Morgan fingerprint density at radius 3 is 3.00 bits per heavy atom. The Kier molecular flexibility index (Phi) is 4.86. The van der Waals surface area contributed by atoms with E-state index < -0.39 is 0 Å². The van der Waals surface area contributed by atoms with Crippen LogP contribution in [-0.2, 0) is 4.74 Å². The maximum absolute atomic E-state index is 12.1. The van der Waals surface area contributed by atoms with E-state index in [9.17, 15) is 4.79 Å². The van der Waals surface area contributed by atoms with Gasteiger partial charge in [0.1, 0.15) is 0 Å². The van der Waals surface area contributed by atoms with E-state index in [0.29, 0.717) is 24.9 Å². The summed E-state index contributed by atoms with van der Waals surface area (Å²) in [7, 11) is 3.36. The minimum atomic E-state index is -0.114. The third kappa shape index (κ3) is 3.51. The van der Waals surface area contributed by atoms with Gasteiger partial charge in [-0.1, -0.05) is 5.21 Å². The first-order valence-electron chi connectivity index (χ1n) is 6.59. The smallest absolute Gasteiger partial charge is 0.275 e. The molecule has 0 radical (unpaired) electrons. The molecule has 19 heavy (non-hydrogen) atoms. The van der Waals surface area contributed by atoms with Crippen molar-refractivity contribution in [1.82, 2.24) is 25.2 Å². The van der Waals surface area contributed by atoms with E-state index in [2.05, 4.69) is 15.6 Å². The molecule has 2 heterocycles. The largest absolute Gasteiger partial charge is 0.383 e. The molecule has 1 aromatic rings. The van der Waals surface area contributed by atoms with Gasteiger partial charge in [0, 0.05) is 20.7 Å². The quantitative estimate of drug-likeness (QED) is 0.808. The van der Waals surface area contributed by atoms with Gasteiger partial charge < -0.3 is 15.0 Å². The molecule has 0 aromatic carbocycles. The van der Waals surface area contributed by atoms with Gasteiger partial charge in [-0.3, -0.25) is 4.79 Å². The summed E-state index contributed by atoms with van der Waals surface area (Å²) in [5.74, 6) is -0.114. The van der Waals surface area contributed by atoms with E-state index in [-0.39, 0.29) is 5.91 Å². The van der Waals surface area contributed by atoms with Gasteiger partial charge in [0.2, 0.25) is 0 Å². The first kappa shape index (κ1) is 14.0. The summed E-state index contributed by atoms with van der Waals surface area (Å²) in [5, 5.41) is 11.4. The highest BCUT2D eigenvalue weighted by molar-refractivity contribution is 5.91. The fourth-order valence-corrected chi connectivity index (χ4v) is 2.15. The number of carbonyl (C=O) groups excluding carboxylic acids is 1. The van der Waals surface area contributed by atoms with E-state index in [0.717, 1.165) is 25.9 Å². The second-order valence-corrected chi connectivity index (χ2v) is 4.78. The molecule has 1 amide bonds. The Morgan fingerprint density at radius 1 is 1.58 bits per heavy atom. The Labute approximate surface area is 112 Å². The Hall–Kier alpha value is -1.47. The molecule has 2 rings (SSSR count). The minimum absolute atomic E-state index is 0.114. The minimum Gasteiger partial charge on any atom is -0.383 e. The molecule has 1 fully saturated rings. The fourth-order valence-electron chi connectivity index (χ4n) is 2.15. The third-order valence-corrected chi connectivity index (χ3v) is 3.39. The highest BCUT2D eigenvalue weighted by Crippen LogP contribution is 2.17. The lowest BCUT2D eigenvalue weighted by Crippen LogP contribution is -2.30. The van der Waals surface area contributed by atoms with Gasteiger partial charge in [0.15, 0.2) is 5.69 Å². The summed E-state index contributed by atoms with van der Waals surface area (Å²) in [6.45, 7) is 3.04. The Morgan fingerprint density at radius 2 is 2.32 bits per heavy atom. The molecule has 7 nitrogen and oxygen atoms in total. The zero-order valence-corrected chi connectivity index (χ0v) is 11.5. The summed E-state index contributed by atoms with van der Waals surface area (Å²) in [6.07, 6.45) is 3.80. The van der Waals surface area contributed by atoms with Crippen LogP contribution in [0.25, 0.3) is 0 Å². The number of likely N-dealkylation sites (N-methyl/N-ethyl adjacent to an activating group) is 1. The highest BCUT2D eigenvalue weighted by Gasteiger charge is 2.20. The van der Waals surface area contributed by atoms with Crippen LogP contribution >= 0.6 is 0 Å². The Balaban J connectivity index is 1.97. The van der Waals surface area contributed by atoms with Crippen molar-refractivity contribution in [3.63, 3.8) is 0 Å². The molecule has 106 valence electrons. The number of piperidine rings is 1. The zero-order valence-electron chi connectivity index (χ0n) is 11.5. The number of carbonyl (C=O) groups is 1. The van der Waals surface area contributed by atoms with Crippen molar-refractivity contribution in [3.05, 3.63) is 11.9 Å². The summed E-state index contributed by atoms with van der Waals surface area (Å²) in [6, 6.07) is 0.347. The van der Waals surface area contributed by atoms with E-state index in [1.54, 1.807) is 25.3 Å². The molecule has 1 N–H and O–H groups in total. The number of hydrogen-bond donors (Lipinski definition) is 1.